The van der Waals surface area contributed by atoms with Gasteiger partial charge in [0, 0.05) is 43.2 Å². The molecular weight excluding hydrogens is 939 g/mol. The minimum atomic E-state index is 0.245. The average molecular weight is 965 g/mol. The molecule has 0 aliphatic carbocycles. The van der Waals surface area contributed by atoms with E-state index >= 15 is 0 Å². The summed E-state index contributed by atoms with van der Waals surface area (Å²) in [6, 6.07) is 40.5. The first-order chi connectivity index (χ1) is 23.7. The van der Waals surface area contributed by atoms with Crippen molar-refractivity contribution in [2.24, 2.45) is 0 Å². The number of hydrogen-bond acceptors (Lipinski definition) is 4. The van der Waals surface area contributed by atoms with Gasteiger partial charge >= 0.3 is 3.18 Å². The van der Waals surface area contributed by atoms with E-state index in [1.54, 1.807) is 19.4 Å². The zero-order chi connectivity index (χ0) is 34.5. The normalized spacial score (nSPS) is 10.7. The van der Waals surface area contributed by atoms with Crippen molar-refractivity contribution in [2.75, 3.05) is 7.11 Å². The van der Waals surface area contributed by atoms with Gasteiger partial charge in [-0.15, -0.1) is 47.3 Å². The maximum Gasteiger partial charge on any atom is 0.369 e. The van der Waals surface area contributed by atoms with E-state index in [1.165, 1.54) is 5.39 Å². The molecule has 0 radical (unpaired) electrons. The molecule has 6 aromatic carbocycles. The number of aromatic nitrogens is 2. The molecule has 0 spiro atoms. The van der Waals surface area contributed by atoms with Crippen LogP contribution in [0.1, 0.15) is 0 Å². The second kappa shape index (κ2) is 16.2. The molecule has 0 aliphatic rings. The smallest absolute Gasteiger partial charge is 0.369 e. The van der Waals surface area contributed by atoms with E-state index in [-0.39, 0.29) is 8.93 Å². The third kappa shape index (κ3) is 8.05. The van der Waals surface area contributed by atoms with E-state index < -0.39 is 0 Å². The van der Waals surface area contributed by atoms with Crippen LogP contribution in [0.3, 0.4) is 0 Å². The summed E-state index contributed by atoms with van der Waals surface area (Å²) in [5.41, 5.74) is 3.46. The summed E-state index contributed by atoms with van der Waals surface area (Å²) in [5, 5.41) is 19.2. The van der Waals surface area contributed by atoms with Crippen molar-refractivity contribution in [3.05, 3.63) is 143 Å². The van der Waals surface area contributed by atoms with Crippen molar-refractivity contribution < 1.29 is 9.84 Å². The number of hydrogen-bond donors (Lipinski definition) is 1. The number of phenolic OH excluding ortho intramolecular Hbond substituents is 1. The van der Waals surface area contributed by atoms with Gasteiger partial charge in [0.25, 0.3) is 0 Å². The largest absolute Gasteiger partial charge is 0.507 e. The summed E-state index contributed by atoms with van der Waals surface area (Å²) >= 11 is 16.6. The maximum absolute atomic E-state index is 10.5. The fourth-order valence-corrected chi connectivity index (χ4v) is 6.91. The number of fused-ring (bicyclic) bond motifs is 4. The highest BCUT2D eigenvalue weighted by Gasteiger charge is 2.15. The lowest BCUT2D eigenvalue weighted by atomic mass is 9.99. The first-order valence-corrected chi connectivity index (χ1v) is 19.4. The molecule has 242 valence electrons. The molecule has 8 rings (SSSR count). The predicted octanol–water partition coefficient (Wildman–Crippen LogP) is 13.5. The summed E-state index contributed by atoms with van der Waals surface area (Å²) in [5.74, 6) is 1.08. The monoisotopic (exact) mass is 960 g/mol. The number of pyridine rings is 2. The third-order valence-electron chi connectivity index (χ3n) is 7.92. The van der Waals surface area contributed by atoms with Crippen LogP contribution in [0, 0.1) is 0 Å². The fourth-order valence-electron chi connectivity index (χ4n) is 5.77. The predicted molar refractivity (Wildman–Crippen MR) is 226 cm³/mol. The Morgan fingerprint density at radius 3 is 1.43 bits per heavy atom. The molecule has 0 amide bonds. The van der Waals surface area contributed by atoms with Crippen LogP contribution in [0.2, 0.25) is 0 Å². The Bertz CT molecular complexity index is 2430. The third-order valence-corrected chi connectivity index (χ3v) is 9.24. The van der Waals surface area contributed by atoms with Gasteiger partial charge in [0.05, 0.1) is 18.5 Å². The number of aromatic hydroxyl groups is 1. The first-order valence-electron chi connectivity index (χ1n) is 15.0. The molecule has 0 aliphatic heterocycles. The molecule has 0 unspecified atom stereocenters. The van der Waals surface area contributed by atoms with Gasteiger partial charge in [-0.1, -0.05) is 105 Å². The Morgan fingerprint density at radius 1 is 0.531 bits per heavy atom. The fraction of sp³-hybridized carbons (Fsp3) is 0.0256. The van der Waals surface area contributed by atoms with Gasteiger partial charge < -0.3 is 9.84 Å². The van der Waals surface area contributed by atoms with E-state index in [1.807, 2.05) is 91.1 Å². The summed E-state index contributed by atoms with van der Waals surface area (Å²) < 4.78 is 7.92. The highest BCUT2D eigenvalue weighted by atomic mass is 79.9. The van der Waals surface area contributed by atoms with E-state index in [0.29, 0.717) is 0 Å². The van der Waals surface area contributed by atoms with Crippen LogP contribution in [0.5, 0.6) is 11.5 Å². The summed E-state index contributed by atoms with van der Waals surface area (Å²) in [4.78, 5) is 9.16. The second-order valence-corrected chi connectivity index (χ2v) is 19.0. The van der Waals surface area contributed by atoms with E-state index in [9.17, 15) is 5.11 Å². The number of benzene rings is 6. The SMILES string of the molecule is BrB(Br)Br.COc1cc2ccccc2cc1-c1nccc2cccc(Br)c12.Oc1cc2ccccc2cc1-c1nccc2cccc(Br)c12. The number of ether oxygens (including phenoxy) is 1. The molecule has 1 N–H and O–H groups in total. The average Bonchev–Trinajstić information content (AvgIpc) is 3.10. The lowest BCUT2D eigenvalue weighted by molar-refractivity contribution is 0.417. The molecule has 8 aromatic rings. The molecule has 4 nitrogen and oxygen atoms in total. The van der Waals surface area contributed by atoms with E-state index in [2.05, 4.69) is 119 Å². The molecule has 0 fully saturated rings. The minimum Gasteiger partial charge on any atom is -0.507 e. The summed E-state index contributed by atoms with van der Waals surface area (Å²) in [6.07, 6.45) is 3.62. The number of rotatable bonds is 3. The highest BCUT2D eigenvalue weighted by Crippen LogP contribution is 2.40. The van der Waals surface area contributed by atoms with Crippen molar-refractivity contribution >= 4 is 125 Å². The van der Waals surface area contributed by atoms with Crippen LogP contribution in [-0.2, 0) is 0 Å². The second-order valence-electron chi connectivity index (χ2n) is 10.9. The van der Waals surface area contributed by atoms with Crippen LogP contribution in [-0.4, -0.2) is 25.4 Å². The zero-order valence-corrected chi connectivity index (χ0v) is 33.8. The molecule has 10 heteroatoms. The Labute approximate surface area is 326 Å². The number of phenols is 1. The van der Waals surface area contributed by atoms with Gasteiger partial charge in [-0.25, -0.2) is 0 Å². The van der Waals surface area contributed by atoms with Crippen molar-refractivity contribution in [3.63, 3.8) is 0 Å². The standard InChI is InChI=1S/C20H14BrNO.C19H12BrNO.BBr3/c1-23-18-12-15-6-3-2-5-14(15)11-16(18)20-19-13(9-10-22-20)7-4-8-17(19)21;20-16-7-3-6-12-8-9-21-19(18(12)16)15-10-13-4-1-2-5-14(13)11-17(15)22;2-1(3)4/h2-12H,1H3;1-11,22H;. The molecule has 0 saturated heterocycles. The molecule has 49 heavy (non-hydrogen) atoms. The van der Waals surface area contributed by atoms with Crippen molar-refractivity contribution in [2.45, 2.75) is 0 Å². The molecule has 0 atom stereocenters. The van der Waals surface area contributed by atoms with Gasteiger partial charge in [-0.05, 0) is 80.8 Å². The maximum atomic E-state index is 10.5. The number of nitrogens with zero attached hydrogens (tertiary/aromatic N) is 2. The molecule has 2 heterocycles. The van der Waals surface area contributed by atoms with E-state index in [0.717, 1.165) is 74.9 Å². The van der Waals surface area contributed by atoms with Crippen molar-refractivity contribution in [3.8, 4) is 34.0 Å². The van der Waals surface area contributed by atoms with E-state index in [4.69, 9.17) is 4.74 Å². The lowest BCUT2D eigenvalue weighted by Gasteiger charge is -2.13. The molecular formula is C39H26BBr5N2O2. The lowest BCUT2D eigenvalue weighted by Crippen LogP contribution is -1.92. The highest BCUT2D eigenvalue weighted by molar-refractivity contribution is 9.69. The van der Waals surface area contributed by atoms with Crippen LogP contribution in [0.15, 0.2) is 143 Å². The van der Waals surface area contributed by atoms with Gasteiger partial charge in [0.1, 0.15) is 11.5 Å². The zero-order valence-electron chi connectivity index (χ0n) is 25.9. The summed E-state index contributed by atoms with van der Waals surface area (Å²) in [6.45, 7) is 0. The Hall–Kier alpha value is -3.28. The molecule has 0 bridgehead atoms. The number of halogens is 5. The number of methoxy groups -OCH3 is 1. The Kier molecular flexibility index (Phi) is 11.7. The van der Waals surface area contributed by atoms with Crippen LogP contribution in [0.25, 0.3) is 65.6 Å². The van der Waals surface area contributed by atoms with Crippen LogP contribution >= 0.6 is 79.1 Å². The Morgan fingerprint density at radius 2 is 0.939 bits per heavy atom. The molecule has 2 aromatic heterocycles. The van der Waals surface area contributed by atoms with Crippen LogP contribution in [0.4, 0.5) is 0 Å². The minimum absolute atomic E-state index is 0.245. The molecule has 0 saturated carbocycles. The topological polar surface area (TPSA) is 55.2 Å². The quantitative estimate of drug-likeness (QED) is 0.179. The van der Waals surface area contributed by atoms with Crippen molar-refractivity contribution in [1.82, 2.24) is 9.97 Å². The van der Waals surface area contributed by atoms with Gasteiger partial charge in [0.2, 0.25) is 0 Å². The van der Waals surface area contributed by atoms with Crippen molar-refractivity contribution in [1.29, 1.82) is 0 Å². The van der Waals surface area contributed by atoms with Crippen LogP contribution < -0.4 is 4.74 Å². The van der Waals surface area contributed by atoms with Gasteiger partial charge in [-0.2, -0.15) is 0 Å². The first kappa shape index (κ1) is 35.5. The van der Waals surface area contributed by atoms with Gasteiger partial charge in [0.15, 0.2) is 0 Å². The Balaban J connectivity index is 0.000000154. The summed E-state index contributed by atoms with van der Waals surface area (Å²) in [7, 11) is 1.70. The van der Waals surface area contributed by atoms with Gasteiger partial charge in [-0.3, -0.25) is 9.97 Å².